The summed E-state index contributed by atoms with van der Waals surface area (Å²) in [6.45, 7) is 1.38. The Morgan fingerprint density at radius 1 is 1.30 bits per heavy atom. The molecule has 1 aromatic rings. The Labute approximate surface area is 133 Å². The number of hydrogen-bond donors (Lipinski definition) is 1. The molecule has 0 aliphatic heterocycles. The highest BCUT2D eigenvalue weighted by atomic mass is 19.1. The second kappa shape index (κ2) is 7.21. The first-order valence-corrected chi connectivity index (χ1v) is 7.33. The maximum atomic E-state index is 12.8. The van der Waals surface area contributed by atoms with Gasteiger partial charge in [0, 0.05) is 12.7 Å². The number of carbonyl (C=O) groups excluding carboxylic acids is 3. The van der Waals surface area contributed by atoms with Gasteiger partial charge in [-0.1, -0.05) is 6.92 Å². The van der Waals surface area contributed by atoms with Crippen molar-refractivity contribution in [2.75, 3.05) is 25.5 Å². The van der Waals surface area contributed by atoms with Crippen LogP contribution in [0.2, 0.25) is 0 Å². The molecule has 0 heterocycles. The van der Waals surface area contributed by atoms with E-state index in [4.69, 9.17) is 4.74 Å². The smallest absolute Gasteiger partial charge is 0.309 e. The molecule has 1 N–H and O–H groups in total. The van der Waals surface area contributed by atoms with Crippen LogP contribution in [0.3, 0.4) is 0 Å². The minimum absolute atomic E-state index is 0.102. The van der Waals surface area contributed by atoms with E-state index in [1.54, 1.807) is 0 Å². The maximum Gasteiger partial charge on any atom is 0.309 e. The highest BCUT2D eigenvalue weighted by Gasteiger charge is 2.40. The highest BCUT2D eigenvalue weighted by molar-refractivity contribution is 5.94. The third-order valence-electron chi connectivity index (χ3n) is 3.68. The van der Waals surface area contributed by atoms with Crippen molar-refractivity contribution in [2.24, 2.45) is 11.8 Å². The number of likely N-dealkylation sites (N-methyl/N-ethyl adjacent to an activating group) is 1. The number of halogens is 1. The summed E-state index contributed by atoms with van der Waals surface area (Å²) in [4.78, 5) is 36.3. The van der Waals surface area contributed by atoms with Gasteiger partial charge in [-0.3, -0.25) is 14.4 Å². The molecular weight excluding hydrogens is 303 g/mol. The number of ether oxygens (including phenoxy) is 1. The third kappa shape index (κ3) is 5.05. The Morgan fingerprint density at radius 2 is 1.91 bits per heavy atom. The molecule has 2 rings (SSSR count). The summed E-state index contributed by atoms with van der Waals surface area (Å²) in [6, 6.07) is 5.30. The third-order valence-corrected chi connectivity index (χ3v) is 3.68. The van der Waals surface area contributed by atoms with Gasteiger partial charge in [0.2, 0.25) is 5.91 Å². The number of anilines is 1. The zero-order chi connectivity index (χ0) is 17.0. The lowest BCUT2D eigenvalue weighted by Gasteiger charge is -2.16. The van der Waals surface area contributed by atoms with Gasteiger partial charge in [-0.05, 0) is 36.6 Å². The molecule has 0 aromatic heterocycles. The van der Waals surface area contributed by atoms with Gasteiger partial charge >= 0.3 is 5.97 Å². The van der Waals surface area contributed by atoms with Crippen LogP contribution in [0.1, 0.15) is 13.3 Å². The molecule has 1 aliphatic carbocycles. The molecule has 0 spiro atoms. The van der Waals surface area contributed by atoms with Gasteiger partial charge in [0.25, 0.3) is 5.91 Å². The average molecular weight is 322 g/mol. The predicted molar refractivity (Wildman–Crippen MR) is 80.9 cm³/mol. The average Bonchev–Trinajstić information content (AvgIpc) is 3.23. The molecule has 2 amide bonds. The highest BCUT2D eigenvalue weighted by Crippen LogP contribution is 2.38. The molecular formula is C16H19FN2O4. The van der Waals surface area contributed by atoms with E-state index >= 15 is 0 Å². The van der Waals surface area contributed by atoms with Crippen molar-refractivity contribution in [1.29, 1.82) is 0 Å². The Balaban J connectivity index is 1.72. The number of nitrogens with zero attached hydrogens (tertiary/aromatic N) is 1. The lowest BCUT2D eigenvalue weighted by atomic mass is 10.3. The fourth-order valence-electron chi connectivity index (χ4n) is 2.04. The van der Waals surface area contributed by atoms with Crippen molar-refractivity contribution < 1.29 is 23.5 Å². The maximum absolute atomic E-state index is 12.8. The van der Waals surface area contributed by atoms with Gasteiger partial charge in [-0.15, -0.1) is 0 Å². The van der Waals surface area contributed by atoms with Gasteiger partial charge in [-0.2, -0.15) is 0 Å². The molecule has 0 radical (unpaired) electrons. The molecule has 124 valence electrons. The summed E-state index contributed by atoms with van der Waals surface area (Å²) in [6.07, 6.45) is 0.795. The second-order valence-corrected chi connectivity index (χ2v) is 5.73. The van der Waals surface area contributed by atoms with Crippen LogP contribution in [-0.2, 0) is 19.1 Å². The monoisotopic (exact) mass is 322 g/mol. The van der Waals surface area contributed by atoms with E-state index in [9.17, 15) is 18.8 Å². The molecule has 6 nitrogen and oxygen atoms in total. The Kier molecular flexibility index (Phi) is 5.31. The number of nitrogens with one attached hydrogen (secondary N) is 1. The number of carbonyl (C=O) groups is 3. The van der Waals surface area contributed by atoms with Gasteiger partial charge in [-0.25, -0.2) is 4.39 Å². The summed E-state index contributed by atoms with van der Waals surface area (Å²) >= 11 is 0. The van der Waals surface area contributed by atoms with Crippen molar-refractivity contribution in [3.05, 3.63) is 30.1 Å². The molecule has 1 fully saturated rings. The summed E-state index contributed by atoms with van der Waals surface area (Å²) in [7, 11) is 1.44. The van der Waals surface area contributed by atoms with E-state index in [0.29, 0.717) is 11.6 Å². The van der Waals surface area contributed by atoms with Crippen LogP contribution in [0, 0.1) is 17.7 Å². The lowest BCUT2D eigenvalue weighted by Crippen LogP contribution is -2.37. The van der Waals surface area contributed by atoms with Crippen molar-refractivity contribution in [2.45, 2.75) is 13.3 Å². The Morgan fingerprint density at radius 3 is 2.48 bits per heavy atom. The van der Waals surface area contributed by atoms with Crippen LogP contribution < -0.4 is 5.32 Å². The van der Waals surface area contributed by atoms with Crippen LogP contribution in [0.5, 0.6) is 0 Å². The molecule has 23 heavy (non-hydrogen) atoms. The first kappa shape index (κ1) is 16.9. The van der Waals surface area contributed by atoms with E-state index in [2.05, 4.69) is 5.32 Å². The number of rotatable bonds is 6. The van der Waals surface area contributed by atoms with Gasteiger partial charge in [0.1, 0.15) is 5.82 Å². The SMILES string of the molecule is C[C@H]1C[C@@H]1C(=O)OCC(=O)N(C)CC(=O)Nc1ccc(F)cc1. The number of hydrogen-bond acceptors (Lipinski definition) is 4. The van der Waals surface area contributed by atoms with Crippen LogP contribution in [0.25, 0.3) is 0 Å². The van der Waals surface area contributed by atoms with E-state index in [1.807, 2.05) is 6.92 Å². The van der Waals surface area contributed by atoms with E-state index in [1.165, 1.54) is 36.2 Å². The Bertz CT molecular complexity index is 603. The van der Waals surface area contributed by atoms with E-state index in [-0.39, 0.29) is 25.0 Å². The van der Waals surface area contributed by atoms with E-state index in [0.717, 1.165) is 6.42 Å². The molecule has 1 saturated carbocycles. The lowest BCUT2D eigenvalue weighted by molar-refractivity contribution is -0.153. The number of benzene rings is 1. The van der Waals surface area contributed by atoms with Gasteiger partial charge < -0.3 is 15.0 Å². The summed E-state index contributed by atoms with van der Waals surface area (Å²) in [5.41, 5.74) is 0.436. The normalized spacial score (nSPS) is 18.9. The zero-order valence-electron chi connectivity index (χ0n) is 13.0. The fourth-order valence-corrected chi connectivity index (χ4v) is 2.04. The van der Waals surface area contributed by atoms with Gasteiger partial charge in [0.05, 0.1) is 12.5 Å². The standard InChI is InChI=1S/C16H19FN2O4/c1-10-7-13(10)16(22)23-9-15(21)19(2)8-14(20)18-12-5-3-11(17)4-6-12/h3-6,10,13H,7-9H2,1-2H3,(H,18,20)/t10-,13-/m0/s1. The van der Waals surface area contributed by atoms with Gasteiger partial charge in [0.15, 0.2) is 6.61 Å². The molecule has 0 bridgehead atoms. The fraction of sp³-hybridized carbons (Fsp3) is 0.438. The van der Waals surface area contributed by atoms with Crippen LogP contribution in [0.4, 0.5) is 10.1 Å². The topological polar surface area (TPSA) is 75.7 Å². The van der Waals surface area contributed by atoms with E-state index < -0.39 is 17.6 Å². The molecule has 1 aliphatic rings. The summed E-state index contributed by atoms with van der Waals surface area (Å²) in [5, 5.41) is 2.55. The molecule has 2 atom stereocenters. The minimum atomic E-state index is -0.457. The van der Waals surface area contributed by atoms with Crippen LogP contribution in [0.15, 0.2) is 24.3 Å². The second-order valence-electron chi connectivity index (χ2n) is 5.73. The van der Waals surface area contributed by atoms with Crippen molar-refractivity contribution in [1.82, 2.24) is 4.90 Å². The Hall–Kier alpha value is -2.44. The van der Waals surface area contributed by atoms with Crippen molar-refractivity contribution in [3.8, 4) is 0 Å². The minimum Gasteiger partial charge on any atom is -0.455 e. The first-order chi connectivity index (χ1) is 10.9. The molecule has 0 saturated heterocycles. The predicted octanol–water partition coefficient (Wildman–Crippen LogP) is 1.42. The van der Waals surface area contributed by atoms with Crippen molar-refractivity contribution >= 4 is 23.5 Å². The number of esters is 1. The van der Waals surface area contributed by atoms with Crippen LogP contribution in [-0.4, -0.2) is 42.9 Å². The molecule has 0 unspecified atom stereocenters. The molecule has 1 aromatic carbocycles. The van der Waals surface area contributed by atoms with Crippen molar-refractivity contribution in [3.63, 3.8) is 0 Å². The zero-order valence-corrected chi connectivity index (χ0v) is 13.0. The summed E-state index contributed by atoms with van der Waals surface area (Å²) < 4.78 is 17.7. The quantitative estimate of drug-likeness (QED) is 0.804. The van der Waals surface area contributed by atoms with Crippen LogP contribution >= 0.6 is 0 Å². The number of amides is 2. The first-order valence-electron chi connectivity index (χ1n) is 7.33. The largest absolute Gasteiger partial charge is 0.455 e. The summed E-state index contributed by atoms with van der Waals surface area (Å²) in [5.74, 6) is -1.43. The molecule has 7 heteroatoms.